The largest absolute Gasteiger partial charge is 0.481 e. The van der Waals surface area contributed by atoms with Crippen LogP contribution in [0.4, 0.5) is 4.79 Å². The molecule has 78 valence electrons. The number of carbonyl (C=O) groups excluding carboxylic acids is 2. The Morgan fingerprint density at radius 1 is 1.57 bits per heavy atom. The monoisotopic (exact) mass is 200 g/mol. The van der Waals surface area contributed by atoms with Gasteiger partial charge in [-0.05, 0) is 13.8 Å². The highest BCUT2D eigenvalue weighted by Crippen LogP contribution is 2.18. The molecule has 0 atom stereocenters. The molecule has 0 aromatic carbocycles. The van der Waals surface area contributed by atoms with Gasteiger partial charge < -0.3 is 10.4 Å². The number of hydrogen-bond donors (Lipinski definition) is 2. The highest BCUT2D eigenvalue weighted by Gasteiger charge is 2.37. The molecule has 0 radical (unpaired) electrons. The summed E-state index contributed by atoms with van der Waals surface area (Å²) in [7, 11) is 0. The molecule has 0 unspecified atom stereocenters. The first-order valence-electron chi connectivity index (χ1n) is 4.16. The number of aliphatic carboxylic acids is 1. The molecule has 6 heteroatoms. The maximum Gasteiger partial charge on any atom is 0.324 e. The first-order chi connectivity index (χ1) is 6.34. The smallest absolute Gasteiger partial charge is 0.324 e. The minimum absolute atomic E-state index is 0.0471. The van der Waals surface area contributed by atoms with E-state index in [4.69, 9.17) is 5.11 Å². The molecule has 1 heterocycles. The van der Waals surface area contributed by atoms with E-state index in [-0.39, 0.29) is 19.0 Å². The van der Waals surface area contributed by atoms with Gasteiger partial charge in [-0.2, -0.15) is 0 Å². The summed E-state index contributed by atoms with van der Waals surface area (Å²) in [5.74, 6) is -1.42. The molecule has 3 amide bonds. The predicted molar refractivity (Wildman–Crippen MR) is 46.5 cm³/mol. The van der Waals surface area contributed by atoms with Crippen molar-refractivity contribution >= 4 is 17.9 Å². The van der Waals surface area contributed by atoms with Gasteiger partial charge in [0.2, 0.25) is 5.91 Å². The highest BCUT2D eigenvalue weighted by molar-refractivity contribution is 6.02. The Kier molecular flexibility index (Phi) is 2.46. The lowest BCUT2D eigenvalue weighted by Gasteiger charge is -2.23. The number of nitrogens with one attached hydrogen (secondary N) is 1. The van der Waals surface area contributed by atoms with Crippen LogP contribution in [0, 0.1) is 5.41 Å². The lowest BCUT2D eigenvalue weighted by atomic mass is 9.93. The van der Waals surface area contributed by atoms with Gasteiger partial charge in [0.15, 0.2) is 0 Å². The zero-order valence-corrected chi connectivity index (χ0v) is 8.03. The number of amides is 3. The van der Waals surface area contributed by atoms with Gasteiger partial charge in [0.25, 0.3) is 0 Å². The second kappa shape index (κ2) is 3.28. The first kappa shape index (κ1) is 10.5. The van der Waals surface area contributed by atoms with Crippen molar-refractivity contribution in [2.45, 2.75) is 13.8 Å². The Balaban J connectivity index is 2.73. The topological polar surface area (TPSA) is 86.7 Å². The van der Waals surface area contributed by atoms with Crippen LogP contribution in [0.15, 0.2) is 0 Å². The average molecular weight is 200 g/mol. The van der Waals surface area contributed by atoms with E-state index < -0.39 is 17.4 Å². The SMILES string of the molecule is CC(C)(CN1C(=O)CNC1=O)C(=O)O. The molecule has 2 N–H and O–H groups in total. The van der Waals surface area contributed by atoms with Crippen LogP contribution in [0.1, 0.15) is 13.8 Å². The van der Waals surface area contributed by atoms with E-state index in [1.54, 1.807) is 0 Å². The molecule has 0 spiro atoms. The van der Waals surface area contributed by atoms with Crippen molar-refractivity contribution in [3.05, 3.63) is 0 Å². The standard InChI is InChI=1S/C8H12N2O4/c1-8(2,6(12)13)4-10-5(11)3-9-7(10)14/h3-4H2,1-2H3,(H,9,14)(H,12,13). The summed E-state index contributed by atoms with van der Waals surface area (Å²) in [5.41, 5.74) is -1.11. The minimum Gasteiger partial charge on any atom is -0.481 e. The van der Waals surface area contributed by atoms with Crippen molar-refractivity contribution < 1.29 is 19.5 Å². The molecule has 1 rings (SSSR count). The quantitative estimate of drug-likeness (QED) is 0.609. The Morgan fingerprint density at radius 3 is 2.50 bits per heavy atom. The Morgan fingerprint density at radius 2 is 2.14 bits per heavy atom. The number of rotatable bonds is 3. The van der Waals surface area contributed by atoms with Gasteiger partial charge in [0.1, 0.15) is 0 Å². The lowest BCUT2D eigenvalue weighted by molar-refractivity contribution is -0.148. The number of carbonyl (C=O) groups is 3. The van der Waals surface area contributed by atoms with E-state index in [1.807, 2.05) is 0 Å². The van der Waals surface area contributed by atoms with Gasteiger partial charge in [0.05, 0.1) is 12.0 Å². The van der Waals surface area contributed by atoms with Gasteiger partial charge in [-0.1, -0.05) is 0 Å². The van der Waals surface area contributed by atoms with Crippen molar-refractivity contribution in [1.82, 2.24) is 10.2 Å². The fraction of sp³-hybridized carbons (Fsp3) is 0.625. The molecular formula is C8H12N2O4. The normalized spacial score (nSPS) is 17.1. The molecule has 14 heavy (non-hydrogen) atoms. The summed E-state index contributed by atoms with van der Waals surface area (Å²) >= 11 is 0. The molecule has 0 aromatic heterocycles. The van der Waals surface area contributed by atoms with E-state index in [1.165, 1.54) is 13.8 Å². The molecule has 0 saturated carbocycles. The van der Waals surface area contributed by atoms with Crippen LogP contribution >= 0.6 is 0 Å². The van der Waals surface area contributed by atoms with Gasteiger partial charge in [-0.15, -0.1) is 0 Å². The summed E-state index contributed by atoms with van der Waals surface area (Å²) in [6.07, 6.45) is 0. The van der Waals surface area contributed by atoms with Crippen LogP contribution in [0.5, 0.6) is 0 Å². The average Bonchev–Trinajstić information content (AvgIpc) is 2.35. The van der Waals surface area contributed by atoms with Gasteiger partial charge in [-0.25, -0.2) is 4.79 Å². The molecule has 6 nitrogen and oxygen atoms in total. The Hall–Kier alpha value is -1.59. The van der Waals surface area contributed by atoms with Crippen LogP contribution in [0.2, 0.25) is 0 Å². The van der Waals surface area contributed by atoms with Crippen LogP contribution < -0.4 is 5.32 Å². The summed E-state index contributed by atoms with van der Waals surface area (Å²) in [5, 5.41) is 11.1. The number of carboxylic acids is 1. The van der Waals surface area contributed by atoms with Gasteiger partial charge >= 0.3 is 12.0 Å². The Bertz CT molecular complexity index is 282. The zero-order chi connectivity index (χ0) is 10.9. The summed E-state index contributed by atoms with van der Waals surface area (Å²) < 4.78 is 0. The molecule has 1 aliphatic heterocycles. The van der Waals surface area contributed by atoms with Gasteiger partial charge in [0, 0.05) is 6.54 Å². The number of carboxylic acid groups (broad SMARTS) is 1. The first-order valence-corrected chi connectivity index (χ1v) is 4.16. The zero-order valence-electron chi connectivity index (χ0n) is 8.03. The van der Waals surface area contributed by atoms with E-state index in [2.05, 4.69) is 5.32 Å². The summed E-state index contributed by atoms with van der Waals surface area (Å²) in [6, 6.07) is -0.524. The van der Waals surface area contributed by atoms with Crippen LogP contribution in [-0.2, 0) is 9.59 Å². The molecule has 0 aliphatic carbocycles. The van der Waals surface area contributed by atoms with E-state index in [9.17, 15) is 14.4 Å². The molecule has 0 aromatic rings. The predicted octanol–water partition coefficient (Wildman–Crippen LogP) is -0.351. The fourth-order valence-corrected chi connectivity index (χ4v) is 1.08. The summed E-state index contributed by atoms with van der Waals surface area (Å²) in [4.78, 5) is 33.9. The number of nitrogens with zero attached hydrogens (tertiary/aromatic N) is 1. The molecule has 1 fully saturated rings. The third-order valence-corrected chi connectivity index (χ3v) is 2.07. The maximum atomic E-state index is 11.1. The number of urea groups is 1. The van der Waals surface area contributed by atoms with Crippen molar-refractivity contribution in [3.8, 4) is 0 Å². The van der Waals surface area contributed by atoms with Crippen molar-refractivity contribution in [1.29, 1.82) is 0 Å². The summed E-state index contributed by atoms with van der Waals surface area (Å²) in [6.45, 7) is 2.78. The fourth-order valence-electron chi connectivity index (χ4n) is 1.08. The second-order valence-corrected chi connectivity index (χ2v) is 3.83. The number of hydrogen-bond acceptors (Lipinski definition) is 3. The van der Waals surface area contributed by atoms with E-state index in [0.29, 0.717) is 0 Å². The van der Waals surface area contributed by atoms with E-state index in [0.717, 1.165) is 4.90 Å². The second-order valence-electron chi connectivity index (χ2n) is 3.83. The lowest BCUT2D eigenvalue weighted by Crippen LogP contribution is -2.42. The van der Waals surface area contributed by atoms with Crippen molar-refractivity contribution in [2.24, 2.45) is 5.41 Å². The Labute approximate surface area is 80.9 Å². The van der Waals surface area contributed by atoms with Gasteiger partial charge in [-0.3, -0.25) is 14.5 Å². The van der Waals surface area contributed by atoms with Crippen LogP contribution in [0.25, 0.3) is 0 Å². The molecular weight excluding hydrogens is 188 g/mol. The molecule has 1 aliphatic rings. The van der Waals surface area contributed by atoms with Crippen LogP contribution in [0.3, 0.4) is 0 Å². The number of imide groups is 1. The third kappa shape index (κ3) is 1.84. The maximum absolute atomic E-state index is 11.1. The third-order valence-electron chi connectivity index (χ3n) is 2.07. The van der Waals surface area contributed by atoms with Crippen molar-refractivity contribution in [2.75, 3.05) is 13.1 Å². The van der Waals surface area contributed by atoms with Crippen LogP contribution in [-0.4, -0.2) is 41.0 Å². The minimum atomic E-state index is -1.11. The van der Waals surface area contributed by atoms with Crippen molar-refractivity contribution in [3.63, 3.8) is 0 Å². The highest BCUT2D eigenvalue weighted by atomic mass is 16.4. The van der Waals surface area contributed by atoms with E-state index >= 15 is 0 Å². The molecule has 1 saturated heterocycles. The molecule has 0 bridgehead atoms.